The Balaban J connectivity index is 0.00000676. The number of guanidine groups is 1. The molecule has 0 heterocycles. The zero-order valence-corrected chi connectivity index (χ0v) is 18.7. The van der Waals surface area contributed by atoms with Crippen LogP contribution < -0.4 is 15.4 Å². The van der Waals surface area contributed by atoms with Crippen molar-refractivity contribution in [3.05, 3.63) is 29.3 Å². The van der Waals surface area contributed by atoms with Gasteiger partial charge in [0, 0.05) is 33.9 Å². The molecule has 27 heavy (non-hydrogen) atoms. The number of alkyl halides is 3. The quantitative estimate of drug-likeness (QED) is 0.254. The fourth-order valence-electron chi connectivity index (χ4n) is 2.21. The van der Waals surface area contributed by atoms with Crippen LogP contribution in [0.25, 0.3) is 0 Å². The monoisotopic (exact) mass is 503 g/mol. The van der Waals surface area contributed by atoms with Gasteiger partial charge in [0.15, 0.2) is 5.96 Å². The van der Waals surface area contributed by atoms with E-state index in [0.717, 1.165) is 12.5 Å². The molecule has 0 amide bonds. The molecule has 0 atom stereocenters. The van der Waals surface area contributed by atoms with Crippen LogP contribution in [0.3, 0.4) is 0 Å². The fraction of sp³-hybridized carbons (Fsp3) is 0.611. The summed E-state index contributed by atoms with van der Waals surface area (Å²) in [4.78, 5) is 4.01. The topological polar surface area (TPSA) is 54.9 Å². The third kappa shape index (κ3) is 10.0. The Hall–Kier alpha value is -1.23. The summed E-state index contributed by atoms with van der Waals surface area (Å²) in [5.74, 6) is 0.625. The first-order valence-corrected chi connectivity index (χ1v) is 8.39. The SMILES string of the molecule is CN=C(NCCCOC)NCc1ccc(OC(C)(C)C)cc1C(F)(F)F.I. The maximum Gasteiger partial charge on any atom is 0.416 e. The minimum atomic E-state index is -4.47. The molecule has 0 aromatic heterocycles. The number of rotatable bonds is 7. The maximum absolute atomic E-state index is 13.4. The number of aliphatic imine (C=N–C) groups is 1. The molecule has 5 nitrogen and oxygen atoms in total. The Kier molecular flexibility index (Phi) is 11.0. The minimum Gasteiger partial charge on any atom is -0.488 e. The summed E-state index contributed by atoms with van der Waals surface area (Å²) in [5, 5.41) is 5.93. The normalized spacial score (nSPS) is 12.4. The molecule has 2 N–H and O–H groups in total. The molecule has 1 aromatic rings. The van der Waals surface area contributed by atoms with Crippen molar-refractivity contribution in [2.24, 2.45) is 4.99 Å². The number of hydrogen-bond donors (Lipinski definition) is 2. The number of hydrogen-bond acceptors (Lipinski definition) is 3. The second-order valence-electron chi connectivity index (χ2n) is 6.73. The van der Waals surface area contributed by atoms with Crippen molar-refractivity contribution < 1.29 is 22.6 Å². The Bertz CT molecular complexity index is 602. The summed E-state index contributed by atoms with van der Waals surface area (Å²) in [6.07, 6.45) is -3.70. The number of ether oxygens (including phenoxy) is 2. The van der Waals surface area contributed by atoms with Crippen molar-refractivity contribution >= 4 is 29.9 Å². The molecule has 9 heteroatoms. The van der Waals surface area contributed by atoms with E-state index in [1.807, 2.05) is 0 Å². The van der Waals surface area contributed by atoms with Gasteiger partial charge in [0.05, 0.1) is 5.56 Å². The molecule has 0 saturated carbocycles. The highest BCUT2D eigenvalue weighted by Gasteiger charge is 2.34. The van der Waals surface area contributed by atoms with Gasteiger partial charge in [-0.1, -0.05) is 6.07 Å². The maximum atomic E-state index is 13.4. The van der Waals surface area contributed by atoms with Crippen LogP contribution in [0, 0.1) is 0 Å². The second kappa shape index (κ2) is 11.6. The van der Waals surface area contributed by atoms with E-state index < -0.39 is 17.3 Å². The molecule has 156 valence electrons. The van der Waals surface area contributed by atoms with Crippen molar-refractivity contribution in [1.82, 2.24) is 10.6 Å². The number of nitrogens with zero attached hydrogens (tertiary/aromatic N) is 1. The largest absolute Gasteiger partial charge is 0.488 e. The summed E-state index contributed by atoms with van der Waals surface area (Å²) in [5.41, 5.74) is -1.17. The molecule has 0 bridgehead atoms. The van der Waals surface area contributed by atoms with Crippen LogP contribution in [0.1, 0.15) is 38.3 Å². The van der Waals surface area contributed by atoms with Gasteiger partial charge in [0.25, 0.3) is 0 Å². The summed E-state index contributed by atoms with van der Waals surface area (Å²) in [7, 11) is 3.18. The van der Waals surface area contributed by atoms with Gasteiger partial charge in [-0.2, -0.15) is 13.2 Å². The van der Waals surface area contributed by atoms with Gasteiger partial charge >= 0.3 is 6.18 Å². The van der Waals surface area contributed by atoms with Crippen LogP contribution in [-0.2, 0) is 17.5 Å². The lowest BCUT2D eigenvalue weighted by Gasteiger charge is -2.23. The van der Waals surface area contributed by atoms with Crippen molar-refractivity contribution in [3.63, 3.8) is 0 Å². The molecular formula is C18H29F3IN3O2. The van der Waals surface area contributed by atoms with Crippen LogP contribution in [0.4, 0.5) is 13.2 Å². The van der Waals surface area contributed by atoms with E-state index in [4.69, 9.17) is 9.47 Å². The smallest absolute Gasteiger partial charge is 0.416 e. The van der Waals surface area contributed by atoms with Crippen LogP contribution in [0.15, 0.2) is 23.2 Å². The summed E-state index contributed by atoms with van der Waals surface area (Å²) in [6, 6.07) is 4.01. The predicted octanol–water partition coefficient (Wildman–Crippen LogP) is 4.20. The fourth-order valence-corrected chi connectivity index (χ4v) is 2.21. The third-order valence-electron chi connectivity index (χ3n) is 3.30. The molecular weight excluding hydrogens is 474 g/mol. The first-order chi connectivity index (χ1) is 12.1. The van der Waals surface area contributed by atoms with Crippen LogP contribution in [0.2, 0.25) is 0 Å². The van der Waals surface area contributed by atoms with E-state index in [2.05, 4.69) is 15.6 Å². The summed E-state index contributed by atoms with van der Waals surface area (Å²) in [6.45, 7) is 6.56. The average Bonchev–Trinajstić information content (AvgIpc) is 2.52. The molecule has 0 aliphatic rings. The lowest BCUT2D eigenvalue weighted by molar-refractivity contribution is -0.138. The van der Waals surface area contributed by atoms with Gasteiger partial charge in [0.2, 0.25) is 0 Å². The summed E-state index contributed by atoms with van der Waals surface area (Å²) < 4.78 is 50.7. The molecule has 0 aliphatic heterocycles. The van der Waals surface area contributed by atoms with Gasteiger partial charge < -0.3 is 20.1 Å². The zero-order chi connectivity index (χ0) is 19.8. The highest BCUT2D eigenvalue weighted by atomic mass is 127. The standard InChI is InChI=1S/C18H28F3N3O2.HI/c1-17(2,3)26-14-8-7-13(15(11-14)18(19,20)21)12-24-16(22-4)23-9-6-10-25-5;/h7-8,11H,6,9-10,12H2,1-5H3,(H2,22,23,24);1H. The first kappa shape index (κ1) is 25.8. The lowest BCUT2D eigenvalue weighted by atomic mass is 10.1. The second-order valence-corrected chi connectivity index (χ2v) is 6.73. The molecule has 1 aromatic carbocycles. The third-order valence-corrected chi connectivity index (χ3v) is 3.30. The number of methoxy groups -OCH3 is 1. The molecule has 0 saturated heterocycles. The summed E-state index contributed by atoms with van der Waals surface area (Å²) >= 11 is 0. The Labute approximate surface area is 176 Å². The molecule has 0 radical (unpaired) electrons. The predicted molar refractivity (Wildman–Crippen MR) is 112 cm³/mol. The Morgan fingerprint density at radius 3 is 2.33 bits per heavy atom. The van der Waals surface area contributed by atoms with Gasteiger partial charge in [-0.15, -0.1) is 24.0 Å². The molecule has 1 rings (SSSR count). The molecule has 0 aliphatic carbocycles. The van der Waals surface area contributed by atoms with Gasteiger partial charge in [-0.05, 0) is 44.9 Å². The van der Waals surface area contributed by atoms with E-state index in [1.165, 1.54) is 6.07 Å². The number of halogens is 4. The molecule has 0 unspecified atom stereocenters. The van der Waals surface area contributed by atoms with E-state index in [1.54, 1.807) is 41.0 Å². The van der Waals surface area contributed by atoms with Crippen LogP contribution in [-0.4, -0.2) is 38.9 Å². The number of benzene rings is 1. The Morgan fingerprint density at radius 1 is 1.15 bits per heavy atom. The zero-order valence-electron chi connectivity index (χ0n) is 16.4. The van der Waals surface area contributed by atoms with E-state index in [0.29, 0.717) is 19.1 Å². The lowest BCUT2D eigenvalue weighted by Crippen LogP contribution is -2.38. The highest BCUT2D eigenvalue weighted by Crippen LogP contribution is 2.35. The van der Waals surface area contributed by atoms with Crippen molar-refractivity contribution in [3.8, 4) is 5.75 Å². The van der Waals surface area contributed by atoms with Crippen LogP contribution >= 0.6 is 24.0 Å². The molecule has 0 spiro atoms. The van der Waals surface area contributed by atoms with Crippen molar-refractivity contribution in [2.45, 2.75) is 45.5 Å². The number of nitrogens with one attached hydrogen (secondary N) is 2. The van der Waals surface area contributed by atoms with Crippen LogP contribution in [0.5, 0.6) is 5.75 Å². The van der Waals surface area contributed by atoms with Gasteiger partial charge in [-0.3, -0.25) is 4.99 Å². The van der Waals surface area contributed by atoms with Gasteiger partial charge in [-0.25, -0.2) is 0 Å². The average molecular weight is 503 g/mol. The molecule has 0 fully saturated rings. The van der Waals surface area contributed by atoms with Crippen molar-refractivity contribution in [1.29, 1.82) is 0 Å². The van der Waals surface area contributed by atoms with Gasteiger partial charge in [0.1, 0.15) is 11.4 Å². The van der Waals surface area contributed by atoms with Crippen molar-refractivity contribution in [2.75, 3.05) is 27.3 Å². The Morgan fingerprint density at radius 2 is 1.81 bits per heavy atom. The van der Waals surface area contributed by atoms with E-state index in [9.17, 15) is 13.2 Å². The first-order valence-electron chi connectivity index (χ1n) is 8.39. The van der Waals surface area contributed by atoms with E-state index in [-0.39, 0.29) is 41.8 Å². The highest BCUT2D eigenvalue weighted by molar-refractivity contribution is 14.0. The van der Waals surface area contributed by atoms with E-state index >= 15 is 0 Å². The minimum absolute atomic E-state index is 0.